The van der Waals surface area contributed by atoms with Gasteiger partial charge in [0.25, 0.3) is 5.91 Å². The molecule has 2 aromatic rings. The summed E-state index contributed by atoms with van der Waals surface area (Å²) in [4.78, 5) is 21.3. The number of rotatable bonds is 4. The molecule has 24 heavy (non-hydrogen) atoms. The minimum Gasteiger partial charge on any atom is -0.396 e. The van der Waals surface area contributed by atoms with Gasteiger partial charge in [-0.2, -0.15) is 0 Å². The third-order valence-corrected chi connectivity index (χ3v) is 4.70. The third-order valence-electron chi connectivity index (χ3n) is 4.70. The van der Waals surface area contributed by atoms with Crippen molar-refractivity contribution in [2.75, 3.05) is 6.61 Å². The van der Waals surface area contributed by atoms with Gasteiger partial charge in [0, 0.05) is 24.4 Å². The van der Waals surface area contributed by atoms with Crippen LogP contribution in [0.2, 0.25) is 0 Å². The first kappa shape index (κ1) is 16.6. The van der Waals surface area contributed by atoms with Crippen LogP contribution >= 0.6 is 0 Å². The topological polar surface area (TPSA) is 75.1 Å². The van der Waals surface area contributed by atoms with Crippen molar-refractivity contribution in [1.29, 1.82) is 0 Å². The smallest absolute Gasteiger partial charge is 0.254 e. The molecule has 0 bridgehead atoms. The molecule has 2 N–H and O–H groups in total. The van der Waals surface area contributed by atoms with Crippen LogP contribution in [-0.2, 0) is 0 Å². The summed E-state index contributed by atoms with van der Waals surface area (Å²) in [6, 6.07) is 9.91. The van der Waals surface area contributed by atoms with Crippen molar-refractivity contribution in [3.8, 4) is 11.4 Å². The van der Waals surface area contributed by atoms with E-state index in [1.54, 1.807) is 6.20 Å². The summed E-state index contributed by atoms with van der Waals surface area (Å²) in [5, 5.41) is 12.3. The summed E-state index contributed by atoms with van der Waals surface area (Å²) in [5.74, 6) is 0.904. The SMILES string of the molecule is Cc1nc(-c2ccccc2)ncc1C(=O)NC1CCC(CO)CC1. The zero-order valence-corrected chi connectivity index (χ0v) is 13.9. The molecule has 0 unspecified atom stereocenters. The summed E-state index contributed by atoms with van der Waals surface area (Å²) in [5.41, 5.74) is 2.15. The van der Waals surface area contributed by atoms with Gasteiger partial charge < -0.3 is 10.4 Å². The molecular formula is C19H23N3O2. The van der Waals surface area contributed by atoms with Crippen LogP contribution in [0.5, 0.6) is 0 Å². The number of benzene rings is 1. The number of nitrogens with one attached hydrogen (secondary N) is 1. The van der Waals surface area contributed by atoms with Gasteiger partial charge in [-0.25, -0.2) is 9.97 Å². The van der Waals surface area contributed by atoms with Crippen LogP contribution in [0.25, 0.3) is 11.4 Å². The van der Waals surface area contributed by atoms with Crippen LogP contribution in [0.3, 0.4) is 0 Å². The van der Waals surface area contributed by atoms with E-state index in [1.807, 2.05) is 37.3 Å². The number of carbonyl (C=O) groups is 1. The number of nitrogens with zero attached hydrogens (tertiary/aromatic N) is 2. The fourth-order valence-corrected chi connectivity index (χ4v) is 3.17. The van der Waals surface area contributed by atoms with Crippen LogP contribution < -0.4 is 5.32 Å². The number of aliphatic hydroxyl groups excluding tert-OH is 1. The predicted octanol–water partition coefficient (Wildman–Crippen LogP) is 2.73. The Morgan fingerprint density at radius 3 is 2.54 bits per heavy atom. The van der Waals surface area contributed by atoms with Gasteiger partial charge in [0.05, 0.1) is 11.3 Å². The van der Waals surface area contributed by atoms with E-state index in [0.717, 1.165) is 31.2 Å². The van der Waals surface area contributed by atoms with E-state index in [0.29, 0.717) is 23.0 Å². The van der Waals surface area contributed by atoms with Gasteiger partial charge in [-0.05, 0) is 38.5 Å². The molecule has 0 radical (unpaired) electrons. The Balaban J connectivity index is 1.67. The highest BCUT2D eigenvalue weighted by Crippen LogP contribution is 2.24. The van der Waals surface area contributed by atoms with Crippen molar-refractivity contribution in [3.63, 3.8) is 0 Å². The Hall–Kier alpha value is -2.27. The molecule has 0 saturated heterocycles. The lowest BCUT2D eigenvalue weighted by molar-refractivity contribution is 0.0912. The fraction of sp³-hybridized carbons (Fsp3) is 0.421. The zero-order valence-electron chi connectivity index (χ0n) is 13.9. The summed E-state index contributed by atoms with van der Waals surface area (Å²) in [7, 11) is 0. The third kappa shape index (κ3) is 3.79. The van der Waals surface area contributed by atoms with Crippen molar-refractivity contribution in [2.24, 2.45) is 5.92 Å². The first-order chi connectivity index (χ1) is 11.7. The van der Waals surface area contributed by atoms with Crippen molar-refractivity contribution < 1.29 is 9.90 Å². The van der Waals surface area contributed by atoms with Gasteiger partial charge in [0.2, 0.25) is 0 Å². The molecule has 1 fully saturated rings. The number of aromatic nitrogens is 2. The van der Waals surface area contributed by atoms with Crippen LogP contribution in [-0.4, -0.2) is 33.6 Å². The minimum absolute atomic E-state index is 0.112. The second-order valence-electron chi connectivity index (χ2n) is 6.43. The van der Waals surface area contributed by atoms with Crippen LogP contribution in [0.15, 0.2) is 36.5 Å². The number of amides is 1. The van der Waals surface area contributed by atoms with Crippen molar-refractivity contribution in [3.05, 3.63) is 47.8 Å². The zero-order chi connectivity index (χ0) is 16.9. The maximum atomic E-state index is 12.5. The van der Waals surface area contributed by atoms with E-state index in [1.165, 1.54) is 0 Å². The highest BCUT2D eigenvalue weighted by Gasteiger charge is 2.23. The number of hydrogen-bond donors (Lipinski definition) is 2. The van der Waals surface area contributed by atoms with Crippen molar-refractivity contribution >= 4 is 5.91 Å². The standard InChI is InChI=1S/C19H23N3O2/c1-13-17(11-20-18(21-13)15-5-3-2-4-6-15)19(24)22-16-9-7-14(12-23)8-10-16/h2-6,11,14,16,23H,7-10,12H2,1H3,(H,22,24). The first-order valence-corrected chi connectivity index (χ1v) is 8.48. The molecule has 0 aliphatic heterocycles. The highest BCUT2D eigenvalue weighted by molar-refractivity contribution is 5.95. The van der Waals surface area contributed by atoms with Crippen LogP contribution in [0, 0.1) is 12.8 Å². The Labute approximate surface area is 142 Å². The summed E-state index contributed by atoms with van der Waals surface area (Å²) >= 11 is 0. The summed E-state index contributed by atoms with van der Waals surface area (Å²) in [6.45, 7) is 2.08. The van der Waals surface area contributed by atoms with E-state index in [-0.39, 0.29) is 18.6 Å². The molecule has 1 aliphatic rings. The normalized spacial score (nSPS) is 20.6. The average molecular weight is 325 g/mol. The Morgan fingerprint density at radius 1 is 1.21 bits per heavy atom. The van der Waals surface area contributed by atoms with Gasteiger partial charge >= 0.3 is 0 Å². The van der Waals surface area contributed by atoms with E-state index in [4.69, 9.17) is 0 Å². The Kier molecular flexibility index (Phi) is 5.20. The molecule has 1 aromatic heterocycles. The van der Waals surface area contributed by atoms with E-state index >= 15 is 0 Å². The van der Waals surface area contributed by atoms with Gasteiger partial charge in [-0.1, -0.05) is 30.3 Å². The monoisotopic (exact) mass is 325 g/mol. The van der Waals surface area contributed by atoms with Crippen LogP contribution in [0.1, 0.15) is 41.7 Å². The molecule has 3 rings (SSSR count). The lowest BCUT2D eigenvalue weighted by atomic mass is 9.86. The lowest BCUT2D eigenvalue weighted by Gasteiger charge is -2.28. The fourth-order valence-electron chi connectivity index (χ4n) is 3.17. The maximum absolute atomic E-state index is 12.5. The number of aryl methyl sites for hydroxylation is 1. The van der Waals surface area contributed by atoms with Gasteiger partial charge in [0.15, 0.2) is 5.82 Å². The largest absolute Gasteiger partial charge is 0.396 e. The highest BCUT2D eigenvalue weighted by atomic mass is 16.3. The number of carbonyl (C=O) groups excluding carboxylic acids is 1. The van der Waals surface area contributed by atoms with Gasteiger partial charge in [-0.15, -0.1) is 0 Å². The average Bonchev–Trinajstić information content (AvgIpc) is 2.63. The molecule has 0 spiro atoms. The number of aliphatic hydroxyl groups is 1. The van der Waals surface area contributed by atoms with Crippen molar-refractivity contribution in [2.45, 2.75) is 38.6 Å². The maximum Gasteiger partial charge on any atom is 0.254 e. The van der Waals surface area contributed by atoms with Gasteiger partial charge in [-0.3, -0.25) is 4.79 Å². The Bertz CT molecular complexity index is 695. The van der Waals surface area contributed by atoms with E-state index in [9.17, 15) is 9.90 Å². The molecule has 5 nitrogen and oxygen atoms in total. The molecule has 1 saturated carbocycles. The number of hydrogen-bond acceptors (Lipinski definition) is 4. The second-order valence-corrected chi connectivity index (χ2v) is 6.43. The van der Waals surface area contributed by atoms with Gasteiger partial charge in [0.1, 0.15) is 0 Å². The van der Waals surface area contributed by atoms with E-state index in [2.05, 4.69) is 15.3 Å². The molecule has 0 atom stereocenters. The van der Waals surface area contributed by atoms with E-state index < -0.39 is 0 Å². The second kappa shape index (κ2) is 7.53. The lowest BCUT2D eigenvalue weighted by Crippen LogP contribution is -2.38. The molecule has 1 heterocycles. The molecular weight excluding hydrogens is 302 g/mol. The first-order valence-electron chi connectivity index (χ1n) is 8.48. The minimum atomic E-state index is -0.112. The molecule has 1 amide bonds. The quantitative estimate of drug-likeness (QED) is 0.906. The molecule has 5 heteroatoms. The van der Waals surface area contributed by atoms with Crippen molar-refractivity contribution in [1.82, 2.24) is 15.3 Å². The van der Waals surface area contributed by atoms with Crippen LogP contribution in [0.4, 0.5) is 0 Å². The predicted molar refractivity (Wildman–Crippen MR) is 92.5 cm³/mol. The molecule has 1 aromatic carbocycles. The molecule has 1 aliphatic carbocycles. The molecule has 126 valence electrons. The summed E-state index contributed by atoms with van der Waals surface area (Å²) < 4.78 is 0. The Morgan fingerprint density at radius 2 is 1.92 bits per heavy atom. The summed E-state index contributed by atoms with van der Waals surface area (Å²) in [6.07, 6.45) is 5.37.